The molecular formula is C49H88NO8P. The average molecular weight is 850 g/mol. The Balaban J connectivity index is 4.17. The molecule has 0 spiro atoms. The smallest absolute Gasteiger partial charge is 0.462 e. The number of carbonyl (C=O) groups is 2. The number of unbranched alkanes of at least 4 members (excludes halogenated alkanes) is 21. The molecule has 0 aromatic carbocycles. The summed E-state index contributed by atoms with van der Waals surface area (Å²) in [5, 5.41) is 0. The molecule has 3 N–H and O–H groups in total. The van der Waals surface area contributed by atoms with Gasteiger partial charge in [0.25, 0.3) is 0 Å². The van der Waals surface area contributed by atoms with Gasteiger partial charge in [0.15, 0.2) is 6.10 Å². The van der Waals surface area contributed by atoms with Gasteiger partial charge in [-0.2, -0.15) is 0 Å². The number of esters is 2. The lowest BCUT2D eigenvalue weighted by atomic mass is 10.1. The number of ether oxygens (including phenoxy) is 2. The van der Waals surface area contributed by atoms with Crippen LogP contribution in [0, 0.1) is 0 Å². The Morgan fingerprint density at radius 3 is 1.37 bits per heavy atom. The van der Waals surface area contributed by atoms with Crippen LogP contribution >= 0.6 is 7.82 Å². The first-order valence-electron chi connectivity index (χ1n) is 23.8. The summed E-state index contributed by atoms with van der Waals surface area (Å²) in [4.78, 5) is 35.0. The van der Waals surface area contributed by atoms with Crippen LogP contribution < -0.4 is 5.73 Å². The number of allylic oxidation sites excluding steroid dienone is 10. The maximum Gasteiger partial charge on any atom is 0.472 e. The zero-order valence-corrected chi connectivity index (χ0v) is 38.6. The molecule has 2 unspecified atom stereocenters. The molecule has 2 atom stereocenters. The van der Waals surface area contributed by atoms with Crippen molar-refractivity contribution in [2.45, 2.75) is 213 Å². The first-order chi connectivity index (χ1) is 28.8. The third-order valence-corrected chi connectivity index (χ3v) is 10.9. The van der Waals surface area contributed by atoms with E-state index >= 15 is 0 Å². The Morgan fingerprint density at radius 2 is 0.881 bits per heavy atom. The number of phosphoric acid groups is 1. The van der Waals surface area contributed by atoms with E-state index in [2.05, 4.69) is 74.6 Å². The van der Waals surface area contributed by atoms with E-state index in [1.165, 1.54) is 116 Å². The van der Waals surface area contributed by atoms with Crippen LogP contribution in [-0.4, -0.2) is 49.3 Å². The van der Waals surface area contributed by atoms with Crippen molar-refractivity contribution >= 4 is 19.8 Å². The Bertz CT molecular complexity index is 1150. The predicted molar refractivity (Wildman–Crippen MR) is 247 cm³/mol. The van der Waals surface area contributed by atoms with Crippen molar-refractivity contribution in [2.75, 3.05) is 26.4 Å². The summed E-state index contributed by atoms with van der Waals surface area (Å²) in [6.07, 6.45) is 53.9. The van der Waals surface area contributed by atoms with Crippen molar-refractivity contribution in [3.05, 3.63) is 60.8 Å². The summed E-state index contributed by atoms with van der Waals surface area (Å²) in [7, 11) is -4.39. The molecule has 0 aliphatic carbocycles. The molecule has 0 saturated heterocycles. The number of rotatable bonds is 44. The van der Waals surface area contributed by atoms with Gasteiger partial charge in [0, 0.05) is 19.4 Å². The third kappa shape index (κ3) is 45.1. The van der Waals surface area contributed by atoms with Crippen molar-refractivity contribution in [1.29, 1.82) is 0 Å². The molecule has 0 amide bonds. The number of phosphoric ester groups is 1. The van der Waals surface area contributed by atoms with Gasteiger partial charge in [-0.15, -0.1) is 0 Å². The quantitative estimate of drug-likeness (QED) is 0.0266. The minimum absolute atomic E-state index is 0.0455. The van der Waals surface area contributed by atoms with Gasteiger partial charge in [0.1, 0.15) is 6.61 Å². The van der Waals surface area contributed by atoms with E-state index in [1.54, 1.807) is 0 Å². The first-order valence-corrected chi connectivity index (χ1v) is 25.3. The summed E-state index contributed by atoms with van der Waals surface area (Å²) in [5.74, 6) is -0.867. The molecule has 10 heteroatoms. The van der Waals surface area contributed by atoms with Crippen molar-refractivity contribution in [3.63, 3.8) is 0 Å². The Morgan fingerprint density at radius 1 is 0.508 bits per heavy atom. The van der Waals surface area contributed by atoms with Crippen LogP contribution in [0.3, 0.4) is 0 Å². The zero-order chi connectivity index (χ0) is 43.2. The lowest BCUT2D eigenvalue weighted by molar-refractivity contribution is -0.161. The van der Waals surface area contributed by atoms with Gasteiger partial charge in [-0.3, -0.25) is 18.6 Å². The third-order valence-electron chi connectivity index (χ3n) is 9.88. The second-order valence-corrected chi connectivity index (χ2v) is 17.1. The molecule has 0 saturated carbocycles. The number of hydrogen-bond acceptors (Lipinski definition) is 8. The van der Waals surface area contributed by atoms with Crippen LogP contribution in [0.5, 0.6) is 0 Å². The fourth-order valence-electron chi connectivity index (χ4n) is 6.32. The van der Waals surface area contributed by atoms with E-state index in [9.17, 15) is 19.0 Å². The number of hydrogen-bond donors (Lipinski definition) is 2. The minimum Gasteiger partial charge on any atom is -0.462 e. The highest BCUT2D eigenvalue weighted by molar-refractivity contribution is 7.47. The van der Waals surface area contributed by atoms with Gasteiger partial charge in [0.05, 0.1) is 13.2 Å². The molecule has 0 fully saturated rings. The van der Waals surface area contributed by atoms with Crippen LogP contribution in [0.1, 0.15) is 206 Å². The maximum atomic E-state index is 12.6. The predicted octanol–water partition coefficient (Wildman–Crippen LogP) is 14.1. The zero-order valence-electron chi connectivity index (χ0n) is 37.7. The molecule has 0 aliphatic heterocycles. The van der Waals surface area contributed by atoms with E-state index in [0.717, 1.165) is 57.8 Å². The van der Waals surface area contributed by atoms with Crippen molar-refractivity contribution < 1.29 is 37.6 Å². The van der Waals surface area contributed by atoms with Crippen molar-refractivity contribution in [3.8, 4) is 0 Å². The topological polar surface area (TPSA) is 134 Å². The van der Waals surface area contributed by atoms with Gasteiger partial charge >= 0.3 is 19.8 Å². The van der Waals surface area contributed by atoms with Gasteiger partial charge < -0.3 is 20.1 Å². The van der Waals surface area contributed by atoms with E-state index in [0.29, 0.717) is 6.42 Å². The number of nitrogens with two attached hydrogens (primary N) is 1. The first kappa shape index (κ1) is 56.7. The van der Waals surface area contributed by atoms with E-state index in [-0.39, 0.29) is 32.6 Å². The molecule has 0 heterocycles. The number of carbonyl (C=O) groups excluding carboxylic acids is 2. The van der Waals surface area contributed by atoms with Crippen LogP contribution in [0.25, 0.3) is 0 Å². The van der Waals surface area contributed by atoms with Crippen LogP contribution in [-0.2, 0) is 32.7 Å². The largest absolute Gasteiger partial charge is 0.472 e. The second-order valence-electron chi connectivity index (χ2n) is 15.6. The lowest BCUT2D eigenvalue weighted by Crippen LogP contribution is -2.29. The van der Waals surface area contributed by atoms with Crippen LogP contribution in [0.4, 0.5) is 0 Å². The highest BCUT2D eigenvalue weighted by Gasteiger charge is 2.26. The van der Waals surface area contributed by atoms with Crippen LogP contribution in [0.2, 0.25) is 0 Å². The Hall–Kier alpha value is -2.29. The fraction of sp³-hybridized carbons (Fsp3) is 0.755. The molecule has 59 heavy (non-hydrogen) atoms. The van der Waals surface area contributed by atoms with E-state index < -0.39 is 32.5 Å². The molecule has 0 aliphatic rings. The SMILES string of the molecule is CCCCCC=CCC=CCC=CCC=CCCCCCC(=O)OC(COC(=O)CCCCCCCCCCCC=CCCCCCCCC)COP(=O)(O)OCCN. The lowest BCUT2D eigenvalue weighted by Gasteiger charge is -2.19. The molecule has 0 rings (SSSR count). The average Bonchev–Trinajstić information content (AvgIpc) is 3.22. The van der Waals surface area contributed by atoms with Crippen LogP contribution in [0.15, 0.2) is 60.8 Å². The van der Waals surface area contributed by atoms with Gasteiger partial charge in [-0.1, -0.05) is 171 Å². The molecule has 9 nitrogen and oxygen atoms in total. The summed E-state index contributed by atoms with van der Waals surface area (Å²) < 4.78 is 32.8. The summed E-state index contributed by atoms with van der Waals surface area (Å²) >= 11 is 0. The van der Waals surface area contributed by atoms with Gasteiger partial charge in [-0.25, -0.2) is 4.57 Å². The molecule has 0 aromatic heterocycles. The normalized spacial score (nSPS) is 13.8. The molecular weight excluding hydrogens is 762 g/mol. The Kier molecular flexibility index (Phi) is 43.5. The molecule has 0 bridgehead atoms. The standard InChI is InChI=1S/C49H88NO8P/c1-3-5-7-9-11-13-15-17-19-21-23-25-27-29-31-33-35-37-39-41-48(51)55-45-47(46-57-59(53,54)56-44-43-50)58-49(52)42-40-38-36-34-32-30-28-26-24-22-20-18-16-14-12-10-8-6-4-2/h12,14,17-20,24,26,30,32,47H,3-11,13,15-16,21-23,25,27-29,31,33-46,50H2,1-2H3,(H,53,54). The van der Waals surface area contributed by atoms with E-state index in [1.807, 2.05) is 0 Å². The monoisotopic (exact) mass is 850 g/mol. The summed E-state index contributed by atoms with van der Waals surface area (Å²) in [6, 6.07) is 0. The van der Waals surface area contributed by atoms with Crippen molar-refractivity contribution in [1.82, 2.24) is 0 Å². The summed E-state index contributed by atoms with van der Waals surface area (Å²) in [5.41, 5.74) is 5.35. The minimum atomic E-state index is -4.39. The van der Waals surface area contributed by atoms with Gasteiger partial charge in [-0.05, 0) is 83.5 Å². The fourth-order valence-corrected chi connectivity index (χ4v) is 7.08. The van der Waals surface area contributed by atoms with Crippen molar-refractivity contribution in [2.24, 2.45) is 5.73 Å². The maximum absolute atomic E-state index is 12.6. The highest BCUT2D eigenvalue weighted by Crippen LogP contribution is 2.43. The van der Waals surface area contributed by atoms with Gasteiger partial charge in [0.2, 0.25) is 0 Å². The highest BCUT2D eigenvalue weighted by atomic mass is 31.2. The summed E-state index contributed by atoms with van der Waals surface area (Å²) in [6.45, 7) is 3.67. The molecule has 342 valence electrons. The molecule has 0 aromatic rings. The van der Waals surface area contributed by atoms with E-state index in [4.69, 9.17) is 24.3 Å². The second kappa shape index (κ2) is 45.2. The molecule has 0 radical (unpaired) electrons. The Labute approximate surface area is 361 Å².